The molecule has 1 aromatic heterocycles. The van der Waals surface area contributed by atoms with Crippen LogP contribution >= 0.6 is 15.9 Å². The zero-order valence-corrected chi connectivity index (χ0v) is 12.9. The van der Waals surface area contributed by atoms with Crippen molar-refractivity contribution in [3.05, 3.63) is 16.4 Å². The van der Waals surface area contributed by atoms with Crippen molar-refractivity contribution in [3.8, 4) is 0 Å². The van der Waals surface area contributed by atoms with Gasteiger partial charge >= 0.3 is 0 Å². The first kappa shape index (κ1) is 14.0. The average molecular weight is 316 g/mol. The zero-order chi connectivity index (χ0) is 13.1. The van der Waals surface area contributed by atoms with Crippen LogP contribution in [-0.2, 0) is 11.3 Å². The van der Waals surface area contributed by atoms with Crippen molar-refractivity contribution in [1.82, 2.24) is 15.1 Å². The fourth-order valence-corrected chi connectivity index (χ4v) is 3.05. The van der Waals surface area contributed by atoms with E-state index in [9.17, 15) is 0 Å². The molecule has 0 aromatic carbocycles. The Kier molecular flexibility index (Phi) is 4.81. The number of likely N-dealkylation sites (N-methyl/N-ethyl adjacent to an activating group) is 1. The molecule has 1 heterocycles. The number of aryl methyl sites for hydroxylation is 1. The summed E-state index contributed by atoms with van der Waals surface area (Å²) in [6.45, 7) is 5.82. The van der Waals surface area contributed by atoms with Crippen LogP contribution in [0.4, 0.5) is 0 Å². The Morgan fingerprint density at radius 3 is 2.78 bits per heavy atom. The molecule has 1 aliphatic carbocycles. The average Bonchev–Trinajstić information content (AvgIpc) is 3.15. The van der Waals surface area contributed by atoms with E-state index >= 15 is 0 Å². The summed E-state index contributed by atoms with van der Waals surface area (Å²) in [6.07, 6.45) is 4.68. The molecule has 0 radical (unpaired) electrons. The minimum atomic E-state index is 0.203. The second-order valence-corrected chi connectivity index (χ2v) is 5.57. The molecule has 0 bridgehead atoms. The Labute approximate surface area is 117 Å². The normalized spacial score (nSPS) is 18.9. The van der Waals surface area contributed by atoms with E-state index < -0.39 is 0 Å². The molecule has 18 heavy (non-hydrogen) atoms. The van der Waals surface area contributed by atoms with Crippen molar-refractivity contribution < 1.29 is 4.74 Å². The summed E-state index contributed by atoms with van der Waals surface area (Å²) < 4.78 is 9.08. The molecule has 1 fully saturated rings. The maximum atomic E-state index is 5.97. The maximum Gasteiger partial charge on any atom is 0.0813 e. The van der Waals surface area contributed by atoms with Gasteiger partial charge in [0, 0.05) is 13.2 Å². The monoisotopic (exact) mass is 315 g/mol. The first-order chi connectivity index (χ1) is 8.72. The Hall–Kier alpha value is -0.390. The van der Waals surface area contributed by atoms with Crippen LogP contribution in [0.2, 0.25) is 0 Å². The van der Waals surface area contributed by atoms with Crippen LogP contribution in [0, 0.1) is 5.92 Å². The topological polar surface area (TPSA) is 39.1 Å². The van der Waals surface area contributed by atoms with E-state index in [-0.39, 0.29) is 12.1 Å². The van der Waals surface area contributed by atoms with E-state index in [1.807, 2.05) is 17.9 Å². The van der Waals surface area contributed by atoms with Gasteiger partial charge in [0.15, 0.2) is 0 Å². The summed E-state index contributed by atoms with van der Waals surface area (Å²) >= 11 is 3.61. The van der Waals surface area contributed by atoms with Crippen LogP contribution < -0.4 is 5.32 Å². The zero-order valence-electron chi connectivity index (χ0n) is 11.3. The van der Waals surface area contributed by atoms with Gasteiger partial charge < -0.3 is 10.1 Å². The number of nitrogens with one attached hydrogen (secondary N) is 1. The predicted molar refractivity (Wildman–Crippen MR) is 75.5 cm³/mol. The lowest BCUT2D eigenvalue weighted by Crippen LogP contribution is -2.35. The lowest BCUT2D eigenvalue weighted by Gasteiger charge is -2.27. The maximum absolute atomic E-state index is 5.97. The predicted octanol–water partition coefficient (Wildman–Crippen LogP) is 2.74. The summed E-state index contributed by atoms with van der Waals surface area (Å²) in [5.41, 5.74) is 1.20. The lowest BCUT2D eigenvalue weighted by molar-refractivity contribution is 0.0181. The van der Waals surface area contributed by atoms with Gasteiger partial charge in [-0.25, -0.2) is 0 Å². The second kappa shape index (κ2) is 6.17. The summed E-state index contributed by atoms with van der Waals surface area (Å²) in [5, 5.41) is 7.81. The van der Waals surface area contributed by atoms with Crippen molar-refractivity contribution in [2.75, 3.05) is 13.7 Å². The number of aromatic nitrogens is 2. The molecule has 1 N–H and O–H groups in total. The van der Waals surface area contributed by atoms with Crippen LogP contribution in [0.25, 0.3) is 0 Å². The second-order valence-electron chi connectivity index (χ2n) is 4.72. The number of rotatable bonds is 7. The largest absolute Gasteiger partial charge is 0.376 e. The van der Waals surface area contributed by atoms with Gasteiger partial charge in [0.1, 0.15) is 0 Å². The quantitative estimate of drug-likeness (QED) is 0.841. The first-order valence-corrected chi connectivity index (χ1v) is 7.52. The van der Waals surface area contributed by atoms with Gasteiger partial charge in [0.25, 0.3) is 0 Å². The molecule has 4 nitrogen and oxygen atoms in total. The Balaban J connectivity index is 2.27. The van der Waals surface area contributed by atoms with Gasteiger partial charge in [-0.15, -0.1) is 0 Å². The number of halogens is 1. The van der Waals surface area contributed by atoms with Gasteiger partial charge in [0.2, 0.25) is 0 Å². The van der Waals surface area contributed by atoms with E-state index in [2.05, 4.69) is 40.2 Å². The summed E-state index contributed by atoms with van der Waals surface area (Å²) in [6, 6.07) is 0.203. The van der Waals surface area contributed by atoms with E-state index in [1.54, 1.807) is 0 Å². The molecular weight excluding hydrogens is 294 g/mol. The Morgan fingerprint density at radius 2 is 2.28 bits per heavy atom. The minimum absolute atomic E-state index is 0.203. The molecule has 102 valence electrons. The molecule has 1 aliphatic rings. The molecular formula is C13H22BrN3O. The highest BCUT2D eigenvalue weighted by Crippen LogP contribution is 2.41. The minimum Gasteiger partial charge on any atom is -0.376 e. The molecule has 0 spiro atoms. The van der Waals surface area contributed by atoms with E-state index in [1.165, 1.54) is 18.5 Å². The fourth-order valence-electron chi connectivity index (χ4n) is 2.51. The van der Waals surface area contributed by atoms with Crippen molar-refractivity contribution >= 4 is 15.9 Å². The van der Waals surface area contributed by atoms with Gasteiger partial charge in [-0.2, -0.15) is 5.10 Å². The van der Waals surface area contributed by atoms with E-state index in [0.29, 0.717) is 5.92 Å². The molecule has 5 heteroatoms. The van der Waals surface area contributed by atoms with Gasteiger partial charge in [-0.1, -0.05) is 0 Å². The van der Waals surface area contributed by atoms with Crippen LogP contribution in [0.3, 0.4) is 0 Å². The van der Waals surface area contributed by atoms with E-state index in [0.717, 1.165) is 17.6 Å². The lowest BCUT2D eigenvalue weighted by atomic mass is 10.0. The van der Waals surface area contributed by atoms with Gasteiger partial charge in [-0.3, -0.25) is 4.68 Å². The molecule has 2 atom stereocenters. The third kappa shape index (κ3) is 2.78. The van der Waals surface area contributed by atoms with Crippen molar-refractivity contribution in [1.29, 1.82) is 0 Å². The third-order valence-corrected chi connectivity index (χ3v) is 4.12. The molecule has 0 aliphatic heterocycles. The third-order valence-electron chi connectivity index (χ3n) is 3.51. The Bertz CT molecular complexity index is 390. The highest BCUT2D eigenvalue weighted by Gasteiger charge is 2.39. The molecule has 0 saturated heterocycles. The Morgan fingerprint density at radius 1 is 1.56 bits per heavy atom. The number of nitrogens with zero attached hydrogens (tertiary/aromatic N) is 2. The fraction of sp³-hybridized carbons (Fsp3) is 0.769. The smallest absolute Gasteiger partial charge is 0.0813 e. The van der Waals surface area contributed by atoms with Gasteiger partial charge in [-0.05, 0) is 55.6 Å². The molecule has 0 amide bonds. The highest BCUT2D eigenvalue weighted by atomic mass is 79.9. The molecule has 2 rings (SSSR count). The van der Waals surface area contributed by atoms with Crippen molar-refractivity contribution in [2.45, 2.75) is 45.4 Å². The number of ether oxygens (including phenoxy) is 1. The summed E-state index contributed by atoms with van der Waals surface area (Å²) in [7, 11) is 2.00. The SMILES string of the molecule is CCOC(C1CC1)C(NC)c1c(Br)cnn1CC. The van der Waals surface area contributed by atoms with Crippen molar-refractivity contribution in [2.24, 2.45) is 5.92 Å². The standard InChI is InChI=1S/C13H22BrN3O/c1-4-17-12(10(14)8-16-17)11(15-3)13(18-5-2)9-6-7-9/h8-9,11,13,15H,4-7H2,1-3H3. The number of hydrogen-bond donors (Lipinski definition) is 1. The number of hydrogen-bond acceptors (Lipinski definition) is 3. The van der Waals surface area contributed by atoms with Crippen molar-refractivity contribution in [3.63, 3.8) is 0 Å². The molecule has 2 unspecified atom stereocenters. The van der Waals surface area contributed by atoms with Crippen LogP contribution in [0.15, 0.2) is 10.7 Å². The molecule has 1 aromatic rings. The van der Waals surface area contributed by atoms with Crippen LogP contribution in [0.5, 0.6) is 0 Å². The molecule has 1 saturated carbocycles. The first-order valence-electron chi connectivity index (χ1n) is 6.72. The van der Waals surface area contributed by atoms with E-state index in [4.69, 9.17) is 4.74 Å². The summed E-state index contributed by atoms with van der Waals surface area (Å²) in [5.74, 6) is 0.689. The van der Waals surface area contributed by atoms with Crippen LogP contribution in [0.1, 0.15) is 38.4 Å². The van der Waals surface area contributed by atoms with Gasteiger partial charge in [0.05, 0.1) is 28.5 Å². The highest BCUT2D eigenvalue weighted by molar-refractivity contribution is 9.10. The van der Waals surface area contributed by atoms with Crippen LogP contribution in [-0.4, -0.2) is 29.5 Å². The summed E-state index contributed by atoms with van der Waals surface area (Å²) in [4.78, 5) is 0.